The van der Waals surface area contributed by atoms with Gasteiger partial charge in [0.2, 0.25) is 0 Å². The van der Waals surface area contributed by atoms with Crippen LogP contribution in [0.3, 0.4) is 0 Å². The highest BCUT2D eigenvalue weighted by Gasteiger charge is 2.15. The zero-order chi connectivity index (χ0) is 14.9. The lowest BCUT2D eigenvalue weighted by Gasteiger charge is -2.29. The maximum absolute atomic E-state index is 5.83. The summed E-state index contributed by atoms with van der Waals surface area (Å²) in [7, 11) is 0. The van der Waals surface area contributed by atoms with Gasteiger partial charge in [-0.05, 0) is 69.4 Å². The summed E-state index contributed by atoms with van der Waals surface area (Å²) >= 11 is 0. The van der Waals surface area contributed by atoms with E-state index < -0.39 is 0 Å². The molecule has 0 spiro atoms. The van der Waals surface area contributed by atoms with Gasteiger partial charge in [0.25, 0.3) is 0 Å². The molecule has 21 heavy (non-hydrogen) atoms. The Balaban J connectivity index is 1.63. The van der Waals surface area contributed by atoms with E-state index in [0.717, 1.165) is 37.8 Å². The minimum atomic E-state index is 0.808. The zero-order valence-corrected chi connectivity index (χ0v) is 13.6. The summed E-state index contributed by atoms with van der Waals surface area (Å²) in [6, 6.07) is 8.30. The van der Waals surface area contributed by atoms with Crippen molar-refractivity contribution in [3.05, 3.63) is 29.8 Å². The first kappa shape index (κ1) is 16.3. The Hall–Kier alpha value is -1.06. The van der Waals surface area contributed by atoms with Gasteiger partial charge in [-0.15, -0.1) is 0 Å². The van der Waals surface area contributed by atoms with E-state index in [1.165, 1.54) is 38.0 Å². The highest BCUT2D eigenvalue weighted by atomic mass is 16.5. The predicted molar refractivity (Wildman–Crippen MR) is 89.0 cm³/mol. The molecule has 1 fully saturated rings. The molecule has 1 unspecified atom stereocenters. The molecule has 0 saturated carbocycles. The first-order valence-corrected chi connectivity index (χ1v) is 8.40. The number of hydrogen-bond donors (Lipinski definition) is 1. The van der Waals surface area contributed by atoms with Gasteiger partial charge in [-0.25, -0.2) is 0 Å². The second-order valence-corrected chi connectivity index (χ2v) is 6.12. The van der Waals surface area contributed by atoms with Crippen LogP contribution >= 0.6 is 0 Å². The summed E-state index contributed by atoms with van der Waals surface area (Å²) in [6.45, 7) is 11.1. The summed E-state index contributed by atoms with van der Waals surface area (Å²) in [5.41, 5.74) is 1.26. The highest BCUT2D eigenvalue weighted by molar-refractivity contribution is 5.27. The average Bonchev–Trinajstić information content (AvgIpc) is 2.51. The second kappa shape index (κ2) is 9.06. The summed E-state index contributed by atoms with van der Waals surface area (Å²) in [6.07, 6.45) is 3.81. The van der Waals surface area contributed by atoms with Crippen molar-refractivity contribution in [2.24, 2.45) is 5.92 Å². The van der Waals surface area contributed by atoms with Crippen LogP contribution in [-0.4, -0.2) is 44.2 Å². The van der Waals surface area contributed by atoms with Crippen LogP contribution in [0.5, 0.6) is 5.75 Å². The molecule has 2 rings (SSSR count). The Bertz CT molecular complexity index is 402. The normalized spacial score (nSPS) is 18.9. The van der Waals surface area contributed by atoms with Gasteiger partial charge in [0.15, 0.2) is 0 Å². The van der Waals surface area contributed by atoms with Crippen LogP contribution < -0.4 is 10.1 Å². The van der Waals surface area contributed by atoms with Crippen LogP contribution in [0.15, 0.2) is 24.3 Å². The van der Waals surface area contributed by atoms with Crippen molar-refractivity contribution in [1.82, 2.24) is 10.2 Å². The number of benzene rings is 1. The molecule has 0 aliphatic carbocycles. The van der Waals surface area contributed by atoms with Gasteiger partial charge in [0.1, 0.15) is 5.75 Å². The number of ether oxygens (including phenoxy) is 1. The Morgan fingerprint density at radius 1 is 1.38 bits per heavy atom. The Labute approximate surface area is 129 Å². The lowest BCUT2D eigenvalue weighted by Crippen LogP contribution is -2.38. The minimum Gasteiger partial charge on any atom is -0.494 e. The molecule has 1 aliphatic rings. The summed E-state index contributed by atoms with van der Waals surface area (Å²) in [4.78, 5) is 2.57. The van der Waals surface area contributed by atoms with E-state index in [4.69, 9.17) is 4.74 Å². The van der Waals surface area contributed by atoms with Gasteiger partial charge in [0.05, 0.1) is 6.61 Å². The third-order valence-corrected chi connectivity index (χ3v) is 4.24. The number of nitrogens with one attached hydrogen (secondary N) is 1. The molecule has 1 aromatic rings. The molecule has 0 bridgehead atoms. The average molecular weight is 290 g/mol. The maximum Gasteiger partial charge on any atom is 0.119 e. The van der Waals surface area contributed by atoms with Crippen LogP contribution in [0.25, 0.3) is 0 Å². The summed E-state index contributed by atoms with van der Waals surface area (Å²) in [5.74, 6) is 1.82. The van der Waals surface area contributed by atoms with Gasteiger partial charge in [-0.3, -0.25) is 0 Å². The molecular weight excluding hydrogens is 260 g/mol. The molecule has 1 N–H and O–H groups in total. The van der Waals surface area contributed by atoms with Crippen LogP contribution in [-0.2, 0) is 0 Å². The third kappa shape index (κ3) is 6.06. The van der Waals surface area contributed by atoms with Crippen molar-refractivity contribution in [3.63, 3.8) is 0 Å². The van der Waals surface area contributed by atoms with Crippen molar-refractivity contribution < 1.29 is 4.74 Å². The molecular formula is C18H30N2O. The zero-order valence-electron chi connectivity index (χ0n) is 13.6. The fraction of sp³-hybridized carbons (Fsp3) is 0.667. The standard InChI is InChI=1S/C18H30N2O/c1-3-20(15-17-8-5-10-19-14-17)11-6-12-21-18-9-4-7-16(2)13-18/h4,7,9,13,17,19H,3,5-6,8,10-12,14-15H2,1-2H3. The molecule has 0 amide bonds. The molecule has 3 nitrogen and oxygen atoms in total. The van der Waals surface area contributed by atoms with E-state index in [2.05, 4.69) is 42.3 Å². The lowest BCUT2D eigenvalue weighted by atomic mass is 9.99. The molecule has 3 heteroatoms. The largest absolute Gasteiger partial charge is 0.494 e. The molecule has 1 saturated heterocycles. The van der Waals surface area contributed by atoms with Crippen LogP contribution in [0, 0.1) is 12.8 Å². The molecule has 1 aromatic carbocycles. The van der Waals surface area contributed by atoms with E-state index in [1.54, 1.807) is 0 Å². The highest BCUT2D eigenvalue weighted by Crippen LogP contribution is 2.14. The first-order chi connectivity index (χ1) is 10.3. The van der Waals surface area contributed by atoms with Crippen molar-refractivity contribution >= 4 is 0 Å². The van der Waals surface area contributed by atoms with Gasteiger partial charge in [-0.1, -0.05) is 19.1 Å². The Morgan fingerprint density at radius 2 is 2.29 bits per heavy atom. The number of nitrogens with zero attached hydrogens (tertiary/aromatic N) is 1. The first-order valence-electron chi connectivity index (χ1n) is 8.40. The number of rotatable bonds is 8. The van der Waals surface area contributed by atoms with Crippen molar-refractivity contribution in [2.45, 2.75) is 33.1 Å². The van der Waals surface area contributed by atoms with E-state index in [9.17, 15) is 0 Å². The topological polar surface area (TPSA) is 24.5 Å². The van der Waals surface area contributed by atoms with Crippen molar-refractivity contribution in [1.29, 1.82) is 0 Å². The van der Waals surface area contributed by atoms with E-state index in [-0.39, 0.29) is 0 Å². The number of aryl methyl sites for hydroxylation is 1. The van der Waals surface area contributed by atoms with E-state index in [1.807, 2.05) is 6.07 Å². The smallest absolute Gasteiger partial charge is 0.119 e. The summed E-state index contributed by atoms with van der Waals surface area (Å²) < 4.78 is 5.83. The Kier molecular flexibility index (Phi) is 7.04. The Morgan fingerprint density at radius 3 is 3.00 bits per heavy atom. The minimum absolute atomic E-state index is 0.808. The molecule has 118 valence electrons. The number of hydrogen-bond acceptors (Lipinski definition) is 3. The van der Waals surface area contributed by atoms with Gasteiger partial charge >= 0.3 is 0 Å². The lowest BCUT2D eigenvalue weighted by molar-refractivity contribution is 0.198. The van der Waals surface area contributed by atoms with Gasteiger partial charge < -0.3 is 15.0 Å². The van der Waals surface area contributed by atoms with Crippen LogP contribution in [0.4, 0.5) is 0 Å². The van der Waals surface area contributed by atoms with Gasteiger partial charge in [-0.2, -0.15) is 0 Å². The van der Waals surface area contributed by atoms with Crippen LogP contribution in [0.2, 0.25) is 0 Å². The molecule has 1 atom stereocenters. The molecule has 1 heterocycles. The second-order valence-electron chi connectivity index (χ2n) is 6.12. The number of piperidine rings is 1. The monoisotopic (exact) mass is 290 g/mol. The predicted octanol–water partition coefficient (Wildman–Crippen LogP) is 3.09. The summed E-state index contributed by atoms with van der Waals surface area (Å²) in [5, 5.41) is 3.51. The van der Waals surface area contributed by atoms with Crippen molar-refractivity contribution in [2.75, 3.05) is 39.3 Å². The SMILES string of the molecule is CCN(CCCOc1cccc(C)c1)CC1CCCNC1. The molecule has 1 aliphatic heterocycles. The fourth-order valence-electron chi connectivity index (χ4n) is 3.01. The third-order valence-electron chi connectivity index (χ3n) is 4.24. The van der Waals surface area contributed by atoms with E-state index in [0.29, 0.717) is 0 Å². The van der Waals surface area contributed by atoms with Gasteiger partial charge in [0, 0.05) is 13.1 Å². The molecule has 0 radical (unpaired) electrons. The van der Waals surface area contributed by atoms with E-state index >= 15 is 0 Å². The van der Waals surface area contributed by atoms with Crippen molar-refractivity contribution in [3.8, 4) is 5.75 Å². The maximum atomic E-state index is 5.83. The van der Waals surface area contributed by atoms with Crippen LogP contribution in [0.1, 0.15) is 31.7 Å². The molecule has 0 aromatic heterocycles. The fourth-order valence-corrected chi connectivity index (χ4v) is 3.01. The quantitative estimate of drug-likeness (QED) is 0.745.